The van der Waals surface area contributed by atoms with Crippen molar-refractivity contribution in [2.75, 3.05) is 24.5 Å². The third-order valence-electron chi connectivity index (χ3n) is 4.05. The van der Waals surface area contributed by atoms with Crippen molar-refractivity contribution in [2.24, 2.45) is 0 Å². The monoisotopic (exact) mass is 363 g/mol. The van der Waals surface area contributed by atoms with Crippen molar-refractivity contribution in [1.29, 1.82) is 0 Å². The van der Waals surface area contributed by atoms with E-state index in [2.05, 4.69) is 5.32 Å². The Hall–Kier alpha value is -3.03. The van der Waals surface area contributed by atoms with E-state index in [0.29, 0.717) is 6.54 Å². The topological polar surface area (TPSA) is 52.7 Å². The van der Waals surface area contributed by atoms with Gasteiger partial charge in [0.15, 0.2) is 11.6 Å². The molecule has 0 saturated carbocycles. The van der Waals surface area contributed by atoms with Gasteiger partial charge in [0, 0.05) is 31.4 Å². The zero-order valence-corrected chi connectivity index (χ0v) is 13.7. The molecule has 0 spiro atoms. The van der Waals surface area contributed by atoms with Gasteiger partial charge in [0.2, 0.25) is 5.91 Å². The fourth-order valence-corrected chi connectivity index (χ4v) is 2.65. The van der Waals surface area contributed by atoms with Gasteiger partial charge in [0.1, 0.15) is 12.4 Å². The molecule has 2 aromatic carbocycles. The summed E-state index contributed by atoms with van der Waals surface area (Å²) in [5, 5.41) is 2.65. The number of hydrogen-bond donors (Lipinski definition) is 1. The molecule has 1 aliphatic heterocycles. The first-order chi connectivity index (χ1) is 12.4. The van der Waals surface area contributed by atoms with Crippen LogP contribution < -0.4 is 10.2 Å². The Kier molecular flexibility index (Phi) is 5.11. The fourth-order valence-electron chi connectivity index (χ4n) is 2.65. The molecule has 0 radical (unpaired) electrons. The molecule has 1 N–H and O–H groups in total. The van der Waals surface area contributed by atoms with Gasteiger partial charge in [-0.3, -0.25) is 9.69 Å². The van der Waals surface area contributed by atoms with E-state index in [1.165, 1.54) is 28.0 Å². The highest BCUT2D eigenvalue weighted by Crippen LogP contribution is 2.22. The van der Waals surface area contributed by atoms with Crippen LogP contribution in [0, 0.1) is 17.5 Å². The molecular formula is C18H16F3N3O2. The number of nitrogens with one attached hydrogen (secondary N) is 1. The van der Waals surface area contributed by atoms with Crippen LogP contribution >= 0.6 is 0 Å². The second-order valence-electron chi connectivity index (χ2n) is 5.86. The van der Waals surface area contributed by atoms with Crippen LogP contribution in [0.4, 0.5) is 23.7 Å². The Morgan fingerprint density at radius 2 is 1.73 bits per heavy atom. The fraction of sp³-hybridized carbons (Fsp3) is 0.222. The SMILES string of the molecule is O=C(CN1CCN(c2ccc(F)c(F)c2)C1=O)NCc1ccc(F)cc1. The molecule has 3 amide bonds. The minimum absolute atomic E-state index is 0.153. The molecule has 0 aliphatic carbocycles. The lowest BCUT2D eigenvalue weighted by atomic mass is 10.2. The highest BCUT2D eigenvalue weighted by Gasteiger charge is 2.31. The predicted octanol–water partition coefficient (Wildman–Crippen LogP) is 2.66. The van der Waals surface area contributed by atoms with E-state index in [0.717, 1.165) is 17.7 Å². The Morgan fingerprint density at radius 1 is 1.00 bits per heavy atom. The highest BCUT2D eigenvalue weighted by molar-refractivity contribution is 5.96. The average molecular weight is 363 g/mol. The van der Waals surface area contributed by atoms with Gasteiger partial charge in [0.25, 0.3) is 0 Å². The zero-order chi connectivity index (χ0) is 18.7. The summed E-state index contributed by atoms with van der Waals surface area (Å²) in [5.74, 6) is -2.75. The molecule has 8 heteroatoms. The number of benzene rings is 2. The summed E-state index contributed by atoms with van der Waals surface area (Å²) in [7, 11) is 0. The maximum absolute atomic E-state index is 13.3. The summed E-state index contributed by atoms with van der Waals surface area (Å²) in [4.78, 5) is 27.0. The number of nitrogens with zero attached hydrogens (tertiary/aromatic N) is 2. The minimum atomic E-state index is -1.04. The molecule has 3 rings (SSSR count). The number of halogens is 3. The molecule has 0 atom stereocenters. The first-order valence-corrected chi connectivity index (χ1v) is 7.96. The normalized spacial score (nSPS) is 14.0. The summed E-state index contributed by atoms with van der Waals surface area (Å²) in [6.45, 7) is 0.630. The quantitative estimate of drug-likeness (QED) is 0.888. The van der Waals surface area contributed by atoms with Crippen LogP contribution in [0.15, 0.2) is 42.5 Å². The van der Waals surface area contributed by atoms with Gasteiger partial charge < -0.3 is 10.2 Å². The lowest BCUT2D eigenvalue weighted by Crippen LogP contribution is -2.39. The number of amides is 3. The summed E-state index contributed by atoms with van der Waals surface area (Å²) < 4.78 is 39.2. The number of urea groups is 1. The van der Waals surface area contributed by atoms with E-state index in [1.54, 1.807) is 12.1 Å². The van der Waals surface area contributed by atoms with E-state index in [4.69, 9.17) is 0 Å². The van der Waals surface area contributed by atoms with Crippen LogP contribution in [0.3, 0.4) is 0 Å². The smallest absolute Gasteiger partial charge is 0.325 e. The third kappa shape index (κ3) is 3.96. The van der Waals surface area contributed by atoms with Gasteiger partial charge in [0.05, 0.1) is 0 Å². The molecule has 1 aliphatic rings. The van der Waals surface area contributed by atoms with Crippen LogP contribution in [0.2, 0.25) is 0 Å². The van der Waals surface area contributed by atoms with E-state index >= 15 is 0 Å². The maximum atomic E-state index is 13.3. The molecule has 0 unspecified atom stereocenters. The van der Waals surface area contributed by atoms with E-state index in [1.807, 2.05) is 0 Å². The summed E-state index contributed by atoms with van der Waals surface area (Å²) in [5.41, 5.74) is 0.971. The van der Waals surface area contributed by atoms with Crippen LogP contribution in [0.5, 0.6) is 0 Å². The van der Waals surface area contributed by atoms with Crippen molar-refractivity contribution >= 4 is 17.6 Å². The standard InChI is InChI=1S/C18H16F3N3O2/c19-13-3-1-12(2-4-13)10-22-17(25)11-23-7-8-24(18(23)26)14-5-6-15(20)16(21)9-14/h1-6,9H,7-8,10-11H2,(H,22,25). The molecule has 1 fully saturated rings. The molecule has 136 valence electrons. The Bertz CT molecular complexity index is 827. The van der Waals surface area contributed by atoms with Crippen molar-refractivity contribution < 1.29 is 22.8 Å². The minimum Gasteiger partial charge on any atom is -0.350 e. The van der Waals surface area contributed by atoms with Gasteiger partial charge in [-0.25, -0.2) is 18.0 Å². The molecule has 0 aromatic heterocycles. The van der Waals surface area contributed by atoms with Gasteiger partial charge in [-0.2, -0.15) is 0 Å². The molecule has 5 nitrogen and oxygen atoms in total. The highest BCUT2D eigenvalue weighted by atomic mass is 19.2. The molecule has 2 aromatic rings. The van der Waals surface area contributed by atoms with Gasteiger partial charge in [-0.15, -0.1) is 0 Å². The van der Waals surface area contributed by atoms with Crippen molar-refractivity contribution in [3.8, 4) is 0 Å². The molecular weight excluding hydrogens is 347 g/mol. The number of hydrogen-bond acceptors (Lipinski definition) is 2. The van der Waals surface area contributed by atoms with E-state index in [-0.39, 0.29) is 37.0 Å². The lowest BCUT2D eigenvalue weighted by Gasteiger charge is -2.18. The Labute approximate surface area is 148 Å². The first-order valence-electron chi connectivity index (χ1n) is 7.96. The molecule has 26 heavy (non-hydrogen) atoms. The number of anilines is 1. The van der Waals surface area contributed by atoms with Crippen LogP contribution in [-0.2, 0) is 11.3 Å². The van der Waals surface area contributed by atoms with Crippen molar-refractivity contribution in [3.05, 3.63) is 65.5 Å². The zero-order valence-electron chi connectivity index (χ0n) is 13.7. The average Bonchev–Trinajstić information content (AvgIpc) is 2.97. The summed E-state index contributed by atoms with van der Waals surface area (Å²) in [6, 6.07) is 8.47. The second-order valence-corrected chi connectivity index (χ2v) is 5.86. The Balaban J connectivity index is 1.55. The Morgan fingerprint density at radius 3 is 2.42 bits per heavy atom. The van der Waals surface area contributed by atoms with E-state index < -0.39 is 17.7 Å². The first kappa shape index (κ1) is 17.8. The lowest BCUT2D eigenvalue weighted by molar-refractivity contribution is -0.121. The molecule has 1 heterocycles. The van der Waals surface area contributed by atoms with Gasteiger partial charge in [-0.05, 0) is 29.8 Å². The van der Waals surface area contributed by atoms with Crippen molar-refractivity contribution in [3.63, 3.8) is 0 Å². The number of rotatable bonds is 5. The van der Waals surface area contributed by atoms with Gasteiger partial charge in [-0.1, -0.05) is 12.1 Å². The second kappa shape index (κ2) is 7.47. The van der Waals surface area contributed by atoms with Crippen LogP contribution in [0.25, 0.3) is 0 Å². The largest absolute Gasteiger partial charge is 0.350 e. The molecule has 1 saturated heterocycles. The molecule has 0 bridgehead atoms. The number of carbonyl (C=O) groups excluding carboxylic acids is 2. The maximum Gasteiger partial charge on any atom is 0.325 e. The van der Waals surface area contributed by atoms with Crippen LogP contribution in [0.1, 0.15) is 5.56 Å². The van der Waals surface area contributed by atoms with Gasteiger partial charge >= 0.3 is 6.03 Å². The van der Waals surface area contributed by atoms with E-state index in [9.17, 15) is 22.8 Å². The third-order valence-corrected chi connectivity index (χ3v) is 4.05. The van der Waals surface area contributed by atoms with Crippen LogP contribution in [-0.4, -0.2) is 36.5 Å². The summed E-state index contributed by atoms with van der Waals surface area (Å²) >= 11 is 0. The predicted molar refractivity (Wildman–Crippen MR) is 88.9 cm³/mol. The van der Waals surface area contributed by atoms with Crippen molar-refractivity contribution in [1.82, 2.24) is 10.2 Å². The summed E-state index contributed by atoms with van der Waals surface area (Å²) in [6.07, 6.45) is 0. The number of carbonyl (C=O) groups is 2. The van der Waals surface area contributed by atoms with Crippen molar-refractivity contribution in [2.45, 2.75) is 6.54 Å².